The van der Waals surface area contributed by atoms with Crippen LogP contribution < -0.4 is 0 Å². The summed E-state index contributed by atoms with van der Waals surface area (Å²) in [6.45, 7) is 0. The first kappa shape index (κ1) is 13.1. The Labute approximate surface area is 120 Å². The maximum absolute atomic E-state index is 13.8. The lowest BCUT2D eigenvalue weighted by molar-refractivity contribution is 0.0690. The summed E-state index contributed by atoms with van der Waals surface area (Å²) in [5, 5.41) is 13.3. The van der Waals surface area contributed by atoms with Gasteiger partial charge in [-0.25, -0.2) is 13.9 Å². The molecule has 0 aliphatic heterocycles. The van der Waals surface area contributed by atoms with Crippen molar-refractivity contribution < 1.29 is 14.3 Å². The van der Waals surface area contributed by atoms with Gasteiger partial charge in [0.25, 0.3) is 0 Å². The summed E-state index contributed by atoms with van der Waals surface area (Å²) < 4.78 is 15.1. The molecule has 0 aliphatic carbocycles. The van der Waals surface area contributed by atoms with Gasteiger partial charge in [0.15, 0.2) is 5.69 Å². The van der Waals surface area contributed by atoms with Crippen molar-refractivity contribution in [1.82, 2.24) is 9.78 Å². The summed E-state index contributed by atoms with van der Waals surface area (Å²) in [6, 6.07) is 15.1. The van der Waals surface area contributed by atoms with Gasteiger partial charge < -0.3 is 5.11 Å². The third-order valence-electron chi connectivity index (χ3n) is 3.10. The van der Waals surface area contributed by atoms with Crippen molar-refractivity contribution in [2.24, 2.45) is 0 Å². The predicted molar refractivity (Wildman–Crippen MR) is 75.9 cm³/mol. The van der Waals surface area contributed by atoms with Crippen LogP contribution in [0.4, 0.5) is 4.39 Å². The summed E-state index contributed by atoms with van der Waals surface area (Å²) in [7, 11) is 0. The van der Waals surface area contributed by atoms with Crippen LogP contribution in [0.2, 0.25) is 0 Å². The number of aromatic carboxylic acids is 1. The Kier molecular flexibility index (Phi) is 3.23. The van der Waals surface area contributed by atoms with Gasteiger partial charge in [0.1, 0.15) is 11.5 Å². The first-order valence-electron chi connectivity index (χ1n) is 6.30. The van der Waals surface area contributed by atoms with E-state index in [1.807, 2.05) is 6.07 Å². The van der Waals surface area contributed by atoms with Crippen LogP contribution in [0.15, 0.2) is 60.8 Å². The zero-order valence-electron chi connectivity index (χ0n) is 10.9. The monoisotopic (exact) mass is 282 g/mol. The molecular weight excluding hydrogens is 271 g/mol. The van der Waals surface area contributed by atoms with E-state index in [1.54, 1.807) is 42.5 Å². The average molecular weight is 282 g/mol. The van der Waals surface area contributed by atoms with Gasteiger partial charge in [-0.3, -0.25) is 0 Å². The highest BCUT2D eigenvalue weighted by molar-refractivity contribution is 5.93. The molecule has 2 aromatic carbocycles. The van der Waals surface area contributed by atoms with E-state index < -0.39 is 11.8 Å². The fraction of sp³-hybridized carbons (Fsp3) is 0. The smallest absolute Gasteiger partial charge is 0.357 e. The molecule has 0 atom stereocenters. The fourth-order valence-electron chi connectivity index (χ4n) is 2.12. The lowest BCUT2D eigenvalue weighted by Gasteiger charge is -2.01. The number of carboxylic acids is 1. The van der Waals surface area contributed by atoms with Crippen LogP contribution in [0.25, 0.3) is 16.8 Å². The van der Waals surface area contributed by atoms with Crippen LogP contribution in [-0.2, 0) is 0 Å². The van der Waals surface area contributed by atoms with E-state index in [0.29, 0.717) is 5.56 Å². The molecule has 0 amide bonds. The Balaban J connectivity index is 2.18. The summed E-state index contributed by atoms with van der Waals surface area (Å²) >= 11 is 0. The average Bonchev–Trinajstić information content (AvgIpc) is 2.94. The maximum Gasteiger partial charge on any atom is 0.357 e. The zero-order chi connectivity index (χ0) is 14.8. The van der Waals surface area contributed by atoms with E-state index in [0.717, 1.165) is 5.56 Å². The zero-order valence-corrected chi connectivity index (χ0v) is 10.9. The van der Waals surface area contributed by atoms with Crippen LogP contribution in [0.1, 0.15) is 10.5 Å². The minimum Gasteiger partial charge on any atom is -0.476 e. The number of carboxylic acid groups (broad SMARTS) is 1. The molecule has 1 heterocycles. The van der Waals surface area contributed by atoms with Crippen LogP contribution in [0.5, 0.6) is 0 Å². The van der Waals surface area contributed by atoms with E-state index in [-0.39, 0.29) is 11.4 Å². The first-order chi connectivity index (χ1) is 10.2. The van der Waals surface area contributed by atoms with Crippen molar-refractivity contribution in [2.75, 3.05) is 0 Å². The van der Waals surface area contributed by atoms with Gasteiger partial charge in [-0.2, -0.15) is 5.10 Å². The molecule has 5 heteroatoms. The second kappa shape index (κ2) is 5.20. The molecule has 0 saturated heterocycles. The highest BCUT2D eigenvalue weighted by atomic mass is 19.1. The number of para-hydroxylation sites is 1. The maximum atomic E-state index is 13.8. The molecule has 1 aromatic heterocycles. The number of hydrogen-bond donors (Lipinski definition) is 1. The highest BCUT2D eigenvalue weighted by Gasteiger charge is 2.18. The summed E-state index contributed by atoms with van der Waals surface area (Å²) in [5.41, 5.74) is 1.27. The van der Waals surface area contributed by atoms with Crippen LogP contribution in [-0.4, -0.2) is 20.9 Å². The minimum atomic E-state index is -1.15. The molecule has 3 rings (SSSR count). The van der Waals surface area contributed by atoms with Gasteiger partial charge in [-0.15, -0.1) is 0 Å². The molecule has 0 aliphatic rings. The van der Waals surface area contributed by atoms with Gasteiger partial charge in [-0.05, 0) is 17.7 Å². The summed E-state index contributed by atoms with van der Waals surface area (Å²) in [6.07, 6.45) is 1.52. The molecule has 21 heavy (non-hydrogen) atoms. The molecule has 0 saturated carbocycles. The largest absolute Gasteiger partial charge is 0.476 e. The van der Waals surface area contributed by atoms with Crippen molar-refractivity contribution in [3.63, 3.8) is 0 Å². The van der Waals surface area contributed by atoms with E-state index in [4.69, 9.17) is 0 Å². The number of rotatable bonds is 3. The van der Waals surface area contributed by atoms with Crippen molar-refractivity contribution in [1.29, 1.82) is 0 Å². The second-order valence-electron chi connectivity index (χ2n) is 4.46. The minimum absolute atomic E-state index is 0.107. The van der Waals surface area contributed by atoms with Crippen molar-refractivity contribution >= 4 is 5.97 Å². The Morgan fingerprint density at radius 3 is 2.38 bits per heavy atom. The Bertz CT molecular complexity index is 797. The SMILES string of the molecule is O=C(O)c1nn(-c2ccccc2F)cc1-c1ccccc1. The van der Waals surface area contributed by atoms with Crippen LogP contribution >= 0.6 is 0 Å². The van der Waals surface area contributed by atoms with Crippen molar-refractivity contribution in [2.45, 2.75) is 0 Å². The molecule has 0 fully saturated rings. The van der Waals surface area contributed by atoms with Gasteiger partial charge in [0.05, 0.1) is 0 Å². The number of nitrogens with zero attached hydrogens (tertiary/aromatic N) is 2. The molecule has 3 aromatic rings. The molecule has 0 bridgehead atoms. The van der Waals surface area contributed by atoms with Crippen molar-refractivity contribution in [3.05, 3.63) is 72.3 Å². The van der Waals surface area contributed by atoms with E-state index in [2.05, 4.69) is 5.10 Å². The quantitative estimate of drug-likeness (QED) is 0.801. The first-order valence-corrected chi connectivity index (χ1v) is 6.30. The highest BCUT2D eigenvalue weighted by Crippen LogP contribution is 2.25. The standard InChI is InChI=1S/C16H11FN2O2/c17-13-8-4-5-9-14(13)19-10-12(15(18-19)16(20)21)11-6-2-1-3-7-11/h1-10H,(H,20,21). The van der Waals surface area contributed by atoms with Gasteiger partial charge in [-0.1, -0.05) is 42.5 Å². The predicted octanol–water partition coefficient (Wildman–Crippen LogP) is 3.38. The lowest BCUT2D eigenvalue weighted by Crippen LogP contribution is -2.03. The van der Waals surface area contributed by atoms with E-state index in [9.17, 15) is 14.3 Å². The number of aromatic nitrogens is 2. The van der Waals surface area contributed by atoms with Gasteiger partial charge >= 0.3 is 5.97 Å². The normalized spacial score (nSPS) is 10.5. The molecule has 0 spiro atoms. The summed E-state index contributed by atoms with van der Waals surface area (Å²) in [5.74, 6) is -1.61. The molecule has 104 valence electrons. The molecule has 4 nitrogen and oxygen atoms in total. The van der Waals surface area contributed by atoms with Gasteiger partial charge in [0.2, 0.25) is 0 Å². The topological polar surface area (TPSA) is 55.1 Å². The van der Waals surface area contributed by atoms with Crippen molar-refractivity contribution in [3.8, 4) is 16.8 Å². The van der Waals surface area contributed by atoms with Gasteiger partial charge in [0, 0.05) is 11.8 Å². The number of carbonyl (C=O) groups is 1. The molecule has 0 unspecified atom stereocenters. The molecule has 1 N–H and O–H groups in total. The van der Waals surface area contributed by atoms with Crippen LogP contribution in [0.3, 0.4) is 0 Å². The molecular formula is C16H11FN2O2. The number of hydrogen-bond acceptors (Lipinski definition) is 2. The molecule has 0 radical (unpaired) electrons. The van der Waals surface area contributed by atoms with E-state index in [1.165, 1.54) is 16.9 Å². The Morgan fingerprint density at radius 1 is 1.05 bits per heavy atom. The lowest BCUT2D eigenvalue weighted by atomic mass is 10.1. The van der Waals surface area contributed by atoms with Crippen LogP contribution in [0, 0.1) is 5.82 Å². The number of halogens is 1. The fourth-order valence-corrected chi connectivity index (χ4v) is 2.12. The third-order valence-corrected chi connectivity index (χ3v) is 3.10. The van der Waals surface area contributed by atoms with E-state index >= 15 is 0 Å². The number of benzene rings is 2. The Morgan fingerprint density at radius 2 is 1.71 bits per heavy atom. The summed E-state index contributed by atoms with van der Waals surface area (Å²) in [4.78, 5) is 11.4. The third kappa shape index (κ3) is 2.41. The second-order valence-corrected chi connectivity index (χ2v) is 4.46. The Hall–Kier alpha value is -2.95.